The molecule has 0 bridgehead atoms. The van der Waals surface area contributed by atoms with E-state index in [0.717, 1.165) is 19.7 Å². The second-order valence-corrected chi connectivity index (χ2v) is 6.46. The van der Waals surface area contributed by atoms with Crippen molar-refractivity contribution in [2.24, 2.45) is 0 Å². The summed E-state index contributed by atoms with van der Waals surface area (Å²) in [4.78, 5) is 2.40. The molecule has 3 heteroatoms. The molecule has 0 unspecified atom stereocenters. The van der Waals surface area contributed by atoms with Gasteiger partial charge in [-0.25, -0.2) is 0 Å². The summed E-state index contributed by atoms with van der Waals surface area (Å²) in [5.41, 5.74) is 0.371. The second-order valence-electron chi connectivity index (χ2n) is 6.46. The Morgan fingerprint density at radius 2 is 1.76 bits per heavy atom. The quantitative estimate of drug-likeness (QED) is 0.723. The third kappa shape index (κ3) is 4.94. The van der Waals surface area contributed by atoms with Gasteiger partial charge in [0.15, 0.2) is 0 Å². The smallest absolute Gasteiger partial charge is 0.0599 e. The molecule has 0 amide bonds. The minimum atomic E-state index is -0.0196. The topological polar surface area (TPSA) is 24.5 Å². The minimum absolute atomic E-state index is 0.0196. The van der Waals surface area contributed by atoms with Crippen LogP contribution in [0.15, 0.2) is 0 Å². The Morgan fingerprint density at radius 3 is 2.24 bits per heavy atom. The highest BCUT2D eigenvalue weighted by Gasteiger charge is 2.35. The van der Waals surface area contributed by atoms with Crippen molar-refractivity contribution in [2.45, 2.75) is 57.6 Å². The molecule has 1 aliphatic rings. The summed E-state index contributed by atoms with van der Waals surface area (Å²) in [5, 5.41) is 3.56. The van der Waals surface area contributed by atoms with Crippen molar-refractivity contribution in [2.75, 3.05) is 33.8 Å². The minimum Gasteiger partial charge on any atom is -0.375 e. The molecular formula is C14H30N2O. The van der Waals surface area contributed by atoms with Crippen LogP contribution < -0.4 is 5.32 Å². The lowest BCUT2D eigenvalue weighted by Gasteiger charge is -2.36. The van der Waals surface area contributed by atoms with E-state index >= 15 is 0 Å². The SMILES string of the molecule is CN(C)C1(CNCCOC(C)(C)C)CCCC1. The highest BCUT2D eigenvalue weighted by atomic mass is 16.5. The summed E-state index contributed by atoms with van der Waals surface area (Å²) in [6.07, 6.45) is 5.40. The van der Waals surface area contributed by atoms with E-state index in [-0.39, 0.29) is 5.60 Å². The van der Waals surface area contributed by atoms with Crippen molar-refractivity contribution >= 4 is 0 Å². The Bertz CT molecular complexity index is 215. The van der Waals surface area contributed by atoms with E-state index in [4.69, 9.17) is 4.74 Å². The number of hydrogen-bond acceptors (Lipinski definition) is 3. The van der Waals surface area contributed by atoms with E-state index in [9.17, 15) is 0 Å². The van der Waals surface area contributed by atoms with Crippen molar-refractivity contribution in [3.05, 3.63) is 0 Å². The first-order chi connectivity index (χ1) is 7.86. The van der Waals surface area contributed by atoms with Crippen LogP contribution >= 0.6 is 0 Å². The van der Waals surface area contributed by atoms with E-state index in [1.165, 1.54) is 25.7 Å². The molecular weight excluding hydrogens is 212 g/mol. The summed E-state index contributed by atoms with van der Waals surface area (Å²) in [6, 6.07) is 0. The average molecular weight is 242 g/mol. The van der Waals surface area contributed by atoms with Crippen LogP contribution in [0.1, 0.15) is 46.5 Å². The summed E-state index contributed by atoms with van der Waals surface area (Å²) in [6.45, 7) is 9.15. The maximum atomic E-state index is 5.71. The fourth-order valence-corrected chi connectivity index (χ4v) is 2.57. The van der Waals surface area contributed by atoms with E-state index in [0.29, 0.717) is 5.54 Å². The summed E-state index contributed by atoms with van der Waals surface area (Å²) < 4.78 is 5.71. The van der Waals surface area contributed by atoms with Crippen LogP contribution in [0.5, 0.6) is 0 Å². The van der Waals surface area contributed by atoms with Crippen molar-refractivity contribution in [1.82, 2.24) is 10.2 Å². The van der Waals surface area contributed by atoms with Crippen molar-refractivity contribution in [1.29, 1.82) is 0 Å². The number of hydrogen-bond donors (Lipinski definition) is 1. The molecule has 3 nitrogen and oxygen atoms in total. The molecule has 0 aliphatic heterocycles. The van der Waals surface area contributed by atoms with Crippen LogP contribution in [0.3, 0.4) is 0 Å². The normalized spacial score (nSPS) is 20.1. The standard InChI is InChI=1S/C14H30N2O/c1-13(2,3)17-11-10-15-12-14(16(4)5)8-6-7-9-14/h15H,6-12H2,1-5H3. The third-order valence-corrected chi connectivity index (χ3v) is 3.75. The molecule has 1 aliphatic carbocycles. The van der Waals surface area contributed by atoms with Crippen molar-refractivity contribution in [3.63, 3.8) is 0 Å². The Kier molecular flexibility index (Phi) is 5.42. The predicted molar refractivity (Wildman–Crippen MR) is 73.5 cm³/mol. The molecule has 0 aromatic carbocycles. The van der Waals surface area contributed by atoms with Gasteiger partial charge in [0, 0.05) is 18.6 Å². The second kappa shape index (κ2) is 6.17. The predicted octanol–water partition coefficient (Wildman–Crippen LogP) is 2.27. The number of ether oxygens (including phenoxy) is 1. The zero-order valence-electron chi connectivity index (χ0n) is 12.3. The van der Waals surface area contributed by atoms with Gasteiger partial charge in [0.25, 0.3) is 0 Å². The third-order valence-electron chi connectivity index (χ3n) is 3.75. The van der Waals surface area contributed by atoms with E-state index in [2.05, 4.69) is 45.1 Å². The molecule has 1 N–H and O–H groups in total. The Balaban J connectivity index is 2.20. The molecule has 1 rings (SSSR count). The van der Waals surface area contributed by atoms with Crippen LogP contribution in [-0.4, -0.2) is 49.8 Å². The van der Waals surface area contributed by atoms with Crippen LogP contribution in [0, 0.1) is 0 Å². The summed E-state index contributed by atoms with van der Waals surface area (Å²) in [5.74, 6) is 0. The maximum Gasteiger partial charge on any atom is 0.0599 e. The molecule has 0 heterocycles. The van der Waals surface area contributed by atoms with Gasteiger partial charge in [0.05, 0.1) is 12.2 Å². The highest BCUT2D eigenvalue weighted by Crippen LogP contribution is 2.32. The first-order valence-electron chi connectivity index (χ1n) is 6.88. The molecule has 0 saturated heterocycles. The first kappa shape index (κ1) is 14.9. The Morgan fingerprint density at radius 1 is 1.18 bits per heavy atom. The summed E-state index contributed by atoms with van der Waals surface area (Å²) in [7, 11) is 4.41. The number of rotatable bonds is 6. The zero-order valence-corrected chi connectivity index (χ0v) is 12.3. The fourth-order valence-electron chi connectivity index (χ4n) is 2.57. The molecule has 0 aromatic heterocycles. The lowest BCUT2D eigenvalue weighted by atomic mass is 9.96. The monoisotopic (exact) mass is 242 g/mol. The first-order valence-corrected chi connectivity index (χ1v) is 6.88. The molecule has 17 heavy (non-hydrogen) atoms. The van der Waals surface area contributed by atoms with Crippen molar-refractivity contribution in [3.8, 4) is 0 Å². The van der Waals surface area contributed by atoms with Gasteiger partial charge < -0.3 is 15.0 Å². The summed E-state index contributed by atoms with van der Waals surface area (Å²) >= 11 is 0. The van der Waals surface area contributed by atoms with Crippen LogP contribution in [-0.2, 0) is 4.74 Å². The van der Waals surface area contributed by atoms with Gasteiger partial charge in [-0.1, -0.05) is 12.8 Å². The van der Waals surface area contributed by atoms with E-state index < -0.39 is 0 Å². The molecule has 0 aromatic rings. The molecule has 1 fully saturated rings. The van der Waals surface area contributed by atoms with Gasteiger partial charge >= 0.3 is 0 Å². The van der Waals surface area contributed by atoms with Crippen molar-refractivity contribution < 1.29 is 4.74 Å². The zero-order chi connectivity index (χ0) is 12.9. The van der Waals surface area contributed by atoms with Gasteiger partial charge in [-0.3, -0.25) is 0 Å². The molecule has 0 spiro atoms. The van der Waals surface area contributed by atoms with E-state index in [1.807, 2.05) is 0 Å². The van der Waals surface area contributed by atoms with E-state index in [1.54, 1.807) is 0 Å². The fraction of sp³-hybridized carbons (Fsp3) is 1.00. The number of nitrogens with zero attached hydrogens (tertiary/aromatic N) is 1. The Hall–Kier alpha value is -0.120. The van der Waals surface area contributed by atoms with Gasteiger partial charge in [0.1, 0.15) is 0 Å². The van der Waals surface area contributed by atoms with Gasteiger partial charge in [-0.15, -0.1) is 0 Å². The highest BCUT2D eigenvalue weighted by molar-refractivity contribution is 4.94. The molecule has 0 radical (unpaired) electrons. The largest absolute Gasteiger partial charge is 0.375 e. The molecule has 0 atom stereocenters. The van der Waals surface area contributed by atoms with Gasteiger partial charge in [-0.2, -0.15) is 0 Å². The van der Waals surface area contributed by atoms with Crippen LogP contribution in [0.2, 0.25) is 0 Å². The average Bonchev–Trinajstić information content (AvgIpc) is 2.65. The van der Waals surface area contributed by atoms with Gasteiger partial charge in [0.2, 0.25) is 0 Å². The number of likely N-dealkylation sites (N-methyl/N-ethyl adjacent to an activating group) is 1. The maximum absolute atomic E-state index is 5.71. The Labute approximate surface area is 107 Å². The van der Waals surface area contributed by atoms with Crippen LogP contribution in [0.4, 0.5) is 0 Å². The van der Waals surface area contributed by atoms with Crippen LogP contribution in [0.25, 0.3) is 0 Å². The lowest BCUT2D eigenvalue weighted by Crippen LogP contribution is -2.50. The number of nitrogens with one attached hydrogen (secondary N) is 1. The molecule has 1 saturated carbocycles. The molecule has 102 valence electrons. The van der Waals surface area contributed by atoms with Gasteiger partial charge in [-0.05, 0) is 47.7 Å². The lowest BCUT2D eigenvalue weighted by molar-refractivity contribution is -0.00192.